The Balaban J connectivity index is 1.35. The number of hydrogen-bond donors (Lipinski definition) is 2. The van der Waals surface area contributed by atoms with E-state index in [2.05, 4.69) is 48.0 Å². The summed E-state index contributed by atoms with van der Waals surface area (Å²) in [6, 6.07) is 21.8. The van der Waals surface area contributed by atoms with Crippen molar-refractivity contribution in [2.45, 2.75) is 52.1 Å². The molecule has 1 heterocycles. The minimum atomic E-state index is -1.01. The van der Waals surface area contributed by atoms with Crippen molar-refractivity contribution in [3.05, 3.63) is 100 Å². The number of carbonyl (C=O) groups is 2. The highest BCUT2D eigenvalue weighted by molar-refractivity contribution is 5.99. The van der Waals surface area contributed by atoms with E-state index in [9.17, 15) is 9.59 Å². The second kappa shape index (κ2) is 10.1. The fraction of sp³-hybridized carbons (Fsp3) is 0.290. The van der Waals surface area contributed by atoms with E-state index in [4.69, 9.17) is 9.84 Å². The number of nitrogens with one attached hydrogen (secondary N) is 1. The maximum Gasteiger partial charge on any atom is 0.341 e. The number of benzene rings is 3. The summed E-state index contributed by atoms with van der Waals surface area (Å²) in [7, 11) is 0. The molecule has 1 fully saturated rings. The smallest absolute Gasteiger partial charge is 0.341 e. The first-order chi connectivity index (χ1) is 17.8. The summed E-state index contributed by atoms with van der Waals surface area (Å²) in [4.78, 5) is 24.0. The molecule has 1 atom stereocenters. The quantitative estimate of drug-likeness (QED) is 0.292. The summed E-state index contributed by atoms with van der Waals surface area (Å²) in [5.41, 5.74) is 7.45. The molecule has 1 aliphatic carbocycles. The molecule has 6 heteroatoms. The summed E-state index contributed by atoms with van der Waals surface area (Å²) in [6.07, 6.45) is 2.51. The summed E-state index contributed by atoms with van der Waals surface area (Å²) in [6.45, 7) is 6.43. The molecule has 0 unspecified atom stereocenters. The fourth-order valence-electron chi connectivity index (χ4n) is 4.92. The summed E-state index contributed by atoms with van der Waals surface area (Å²) in [5.74, 6) is 0.121. The number of hydrogen-bond acceptors (Lipinski definition) is 3. The van der Waals surface area contributed by atoms with Crippen molar-refractivity contribution in [1.82, 2.24) is 9.88 Å². The first-order valence-electron chi connectivity index (χ1n) is 12.7. The molecule has 1 amide bonds. The topological polar surface area (TPSA) is 80.6 Å². The maximum atomic E-state index is 13.2. The fourth-order valence-corrected chi connectivity index (χ4v) is 4.92. The van der Waals surface area contributed by atoms with Gasteiger partial charge in [0.05, 0.1) is 6.04 Å². The average molecular weight is 497 g/mol. The van der Waals surface area contributed by atoms with Crippen molar-refractivity contribution in [3.63, 3.8) is 0 Å². The van der Waals surface area contributed by atoms with Crippen LogP contribution in [-0.4, -0.2) is 28.2 Å². The van der Waals surface area contributed by atoms with Crippen molar-refractivity contribution < 1.29 is 19.4 Å². The van der Waals surface area contributed by atoms with Gasteiger partial charge in [0, 0.05) is 28.7 Å². The maximum absolute atomic E-state index is 13.2. The number of amides is 1. The second-order valence-corrected chi connectivity index (χ2v) is 10.00. The Kier molecular flexibility index (Phi) is 6.74. The van der Waals surface area contributed by atoms with Crippen molar-refractivity contribution in [2.24, 2.45) is 0 Å². The van der Waals surface area contributed by atoms with E-state index in [1.165, 1.54) is 18.4 Å². The number of ether oxygens (including phenoxy) is 1. The zero-order valence-corrected chi connectivity index (χ0v) is 21.5. The van der Waals surface area contributed by atoms with Gasteiger partial charge in [0.15, 0.2) is 6.61 Å². The third-order valence-corrected chi connectivity index (χ3v) is 7.31. The number of aromatic nitrogens is 1. The number of carboxylic acid groups (broad SMARTS) is 1. The predicted molar refractivity (Wildman–Crippen MR) is 144 cm³/mol. The van der Waals surface area contributed by atoms with Crippen molar-refractivity contribution in [3.8, 4) is 5.75 Å². The number of nitrogens with zero attached hydrogens (tertiary/aromatic N) is 1. The zero-order valence-electron chi connectivity index (χ0n) is 21.5. The van der Waals surface area contributed by atoms with Gasteiger partial charge >= 0.3 is 5.97 Å². The molecule has 1 aromatic heterocycles. The summed E-state index contributed by atoms with van der Waals surface area (Å²) < 4.78 is 7.56. The van der Waals surface area contributed by atoms with Crippen LogP contribution in [0.15, 0.2) is 66.7 Å². The van der Waals surface area contributed by atoms with Crippen LogP contribution in [-0.2, 0) is 11.3 Å². The SMILES string of the molecule is Cc1c(C)n(Cc2cccc(OCC(=O)O)c2)c2ccc(C(=O)N[C@@H](C)c3cccc(C4CC4)c3)cc12. The van der Waals surface area contributed by atoms with Gasteiger partial charge in [0.1, 0.15) is 5.75 Å². The van der Waals surface area contributed by atoms with Gasteiger partial charge in [-0.05, 0) is 92.1 Å². The lowest BCUT2D eigenvalue weighted by Crippen LogP contribution is -2.26. The highest BCUT2D eigenvalue weighted by Crippen LogP contribution is 2.40. The number of fused-ring (bicyclic) bond motifs is 1. The Morgan fingerprint density at radius 3 is 2.59 bits per heavy atom. The Bertz CT molecular complexity index is 1480. The lowest BCUT2D eigenvalue weighted by molar-refractivity contribution is -0.139. The van der Waals surface area contributed by atoms with Gasteiger partial charge in [-0.1, -0.05) is 36.4 Å². The largest absolute Gasteiger partial charge is 0.482 e. The number of aliphatic carboxylic acids is 1. The standard InChI is InChI=1S/C31H32N2O4/c1-19-21(3)33(17-22-6-4-9-27(14-22)37-18-30(34)35)29-13-12-26(16-28(19)29)31(36)32-20(2)24-7-5-8-25(15-24)23-10-11-23/h4-9,12-16,20,23H,10-11,17-18H2,1-3H3,(H,32,36)(H,34,35)/t20-/m0/s1. The average Bonchev–Trinajstić information content (AvgIpc) is 3.72. The van der Waals surface area contributed by atoms with Gasteiger partial charge in [-0.3, -0.25) is 4.79 Å². The number of carboxylic acids is 1. The van der Waals surface area contributed by atoms with Crippen LogP contribution in [0.25, 0.3) is 10.9 Å². The molecule has 1 aliphatic rings. The van der Waals surface area contributed by atoms with Gasteiger partial charge in [-0.2, -0.15) is 0 Å². The molecule has 1 saturated carbocycles. The molecule has 0 spiro atoms. The van der Waals surface area contributed by atoms with Crippen LogP contribution in [0.2, 0.25) is 0 Å². The molecule has 5 rings (SSSR count). The lowest BCUT2D eigenvalue weighted by atomic mass is 10.0. The predicted octanol–water partition coefficient (Wildman–Crippen LogP) is 6.14. The Labute approximate surface area is 216 Å². The van der Waals surface area contributed by atoms with Gasteiger partial charge in [0.25, 0.3) is 5.91 Å². The summed E-state index contributed by atoms with van der Waals surface area (Å²) in [5, 5.41) is 13.1. The number of aryl methyl sites for hydroxylation is 1. The van der Waals surface area contributed by atoms with Crippen molar-refractivity contribution in [2.75, 3.05) is 6.61 Å². The van der Waals surface area contributed by atoms with Crippen LogP contribution >= 0.6 is 0 Å². The van der Waals surface area contributed by atoms with Crippen LogP contribution in [0, 0.1) is 13.8 Å². The molecule has 2 N–H and O–H groups in total. The Hall–Kier alpha value is -4.06. The highest BCUT2D eigenvalue weighted by atomic mass is 16.5. The number of rotatable bonds is 9. The minimum absolute atomic E-state index is 0.0787. The minimum Gasteiger partial charge on any atom is -0.482 e. The third kappa shape index (κ3) is 5.38. The van der Waals surface area contributed by atoms with E-state index in [-0.39, 0.29) is 18.6 Å². The van der Waals surface area contributed by atoms with E-state index in [1.54, 1.807) is 6.07 Å². The lowest BCUT2D eigenvalue weighted by Gasteiger charge is -2.16. The highest BCUT2D eigenvalue weighted by Gasteiger charge is 2.24. The monoisotopic (exact) mass is 496 g/mol. The van der Waals surface area contributed by atoms with Crippen molar-refractivity contribution in [1.29, 1.82) is 0 Å². The first kappa shape index (κ1) is 24.6. The van der Waals surface area contributed by atoms with E-state index in [1.807, 2.05) is 43.3 Å². The number of carbonyl (C=O) groups excluding carboxylic acids is 1. The van der Waals surface area contributed by atoms with Gasteiger partial charge in [-0.25, -0.2) is 4.79 Å². The van der Waals surface area contributed by atoms with Crippen LogP contribution < -0.4 is 10.1 Å². The Morgan fingerprint density at radius 2 is 1.84 bits per heavy atom. The normalized spacial score (nSPS) is 13.9. The molecule has 0 saturated heterocycles. The van der Waals surface area contributed by atoms with E-state index < -0.39 is 5.97 Å². The second-order valence-electron chi connectivity index (χ2n) is 10.00. The Morgan fingerprint density at radius 1 is 1.05 bits per heavy atom. The molecule has 6 nitrogen and oxygen atoms in total. The van der Waals surface area contributed by atoms with Crippen LogP contribution in [0.3, 0.4) is 0 Å². The van der Waals surface area contributed by atoms with Crippen LogP contribution in [0.5, 0.6) is 5.75 Å². The molecule has 190 valence electrons. The van der Waals surface area contributed by atoms with Gasteiger partial charge < -0.3 is 19.7 Å². The van der Waals surface area contributed by atoms with Gasteiger partial charge in [-0.15, -0.1) is 0 Å². The van der Waals surface area contributed by atoms with Crippen molar-refractivity contribution >= 4 is 22.8 Å². The molecular formula is C31H32N2O4. The molecule has 37 heavy (non-hydrogen) atoms. The van der Waals surface area contributed by atoms with E-state index in [0.717, 1.165) is 33.3 Å². The van der Waals surface area contributed by atoms with Crippen LogP contribution in [0.1, 0.15) is 70.0 Å². The van der Waals surface area contributed by atoms with Gasteiger partial charge in [0.2, 0.25) is 0 Å². The molecule has 3 aromatic carbocycles. The first-order valence-corrected chi connectivity index (χ1v) is 12.7. The van der Waals surface area contributed by atoms with E-state index in [0.29, 0.717) is 23.8 Å². The molecule has 0 radical (unpaired) electrons. The molecule has 0 bridgehead atoms. The third-order valence-electron chi connectivity index (χ3n) is 7.31. The molecule has 0 aliphatic heterocycles. The zero-order chi connectivity index (χ0) is 26.1. The summed E-state index contributed by atoms with van der Waals surface area (Å²) >= 11 is 0. The molecule has 4 aromatic rings. The van der Waals surface area contributed by atoms with Crippen LogP contribution in [0.4, 0.5) is 0 Å². The molecular weight excluding hydrogens is 464 g/mol. The van der Waals surface area contributed by atoms with E-state index >= 15 is 0 Å².